The van der Waals surface area contributed by atoms with E-state index in [0.29, 0.717) is 15.9 Å². The van der Waals surface area contributed by atoms with Crippen molar-refractivity contribution >= 4 is 17.1 Å². The number of aliphatic carboxylic acids is 1. The molecule has 1 aromatic carbocycles. The van der Waals surface area contributed by atoms with Crippen molar-refractivity contribution in [3.63, 3.8) is 0 Å². The molecule has 0 aliphatic heterocycles. The number of ether oxygens (including phenoxy) is 2. The Balaban J connectivity index is 1.94. The largest absolute Gasteiger partial charge is 0.496 e. The molecule has 0 aliphatic carbocycles. The first-order chi connectivity index (χ1) is 16.8. The van der Waals surface area contributed by atoms with Gasteiger partial charge in [-0.05, 0) is 19.9 Å². The number of fused-ring (bicyclic) bond motifs is 1. The summed E-state index contributed by atoms with van der Waals surface area (Å²) in [6.45, 7) is 2.68. The first-order valence-corrected chi connectivity index (χ1v) is 10.6. The van der Waals surface area contributed by atoms with Crippen molar-refractivity contribution in [3.8, 4) is 17.5 Å². The van der Waals surface area contributed by atoms with Crippen LogP contribution in [0.5, 0.6) is 5.75 Å². The molecule has 4 rings (SSSR count). The van der Waals surface area contributed by atoms with Gasteiger partial charge < -0.3 is 19.0 Å². The Hall–Kier alpha value is -4.39. The highest BCUT2D eigenvalue weighted by molar-refractivity contribution is 5.71. The van der Waals surface area contributed by atoms with Gasteiger partial charge in [-0.3, -0.25) is 14.2 Å². The second-order valence-corrected chi connectivity index (χ2v) is 7.74. The van der Waals surface area contributed by atoms with Crippen LogP contribution in [0, 0.1) is 0 Å². The zero-order valence-electron chi connectivity index (χ0n) is 19.1. The number of para-hydroxylation sites is 1. The van der Waals surface area contributed by atoms with E-state index in [0.717, 1.165) is 4.57 Å². The second-order valence-electron chi connectivity index (χ2n) is 7.74. The van der Waals surface area contributed by atoms with Crippen LogP contribution < -0.4 is 16.0 Å². The number of aromatic nitrogens is 6. The van der Waals surface area contributed by atoms with E-state index >= 15 is 0 Å². The maximum absolute atomic E-state index is 13.3. The van der Waals surface area contributed by atoms with E-state index in [1.165, 1.54) is 19.6 Å². The monoisotopic (exact) mass is 482 g/mol. The van der Waals surface area contributed by atoms with Crippen molar-refractivity contribution in [1.82, 2.24) is 29.3 Å². The zero-order chi connectivity index (χ0) is 25.1. The number of hydrogen-bond donors (Lipinski definition) is 1. The van der Waals surface area contributed by atoms with Crippen LogP contribution in [-0.4, -0.2) is 53.6 Å². The van der Waals surface area contributed by atoms with Crippen molar-refractivity contribution in [2.75, 3.05) is 7.11 Å². The minimum absolute atomic E-state index is 0.0105. The van der Waals surface area contributed by atoms with Crippen LogP contribution in [0.25, 0.3) is 22.9 Å². The molecule has 1 N–H and O–H groups in total. The van der Waals surface area contributed by atoms with Crippen molar-refractivity contribution in [2.24, 2.45) is 0 Å². The summed E-state index contributed by atoms with van der Waals surface area (Å²) in [5.41, 5.74) is -1.57. The number of carboxylic acids is 1. The van der Waals surface area contributed by atoms with Crippen LogP contribution in [0.1, 0.15) is 25.5 Å². The fourth-order valence-electron chi connectivity index (χ4n) is 3.60. The maximum Gasteiger partial charge on any atom is 0.333 e. The molecule has 35 heavy (non-hydrogen) atoms. The number of methoxy groups -OCH3 is 1. The van der Waals surface area contributed by atoms with Crippen LogP contribution in [0.2, 0.25) is 0 Å². The van der Waals surface area contributed by atoms with Gasteiger partial charge in [0.05, 0.1) is 26.0 Å². The fourth-order valence-corrected chi connectivity index (χ4v) is 3.60. The van der Waals surface area contributed by atoms with E-state index in [-0.39, 0.29) is 35.5 Å². The molecule has 0 aliphatic rings. The lowest BCUT2D eigenvalue weighted by Crippen LogP contribution is -2.43. The van der Waals surface area contributed by atoms with Gasteiger partial charge in [-0.15, -0.1) is 10.2 Å². The molecule has 13 nitrogen and oxygen atoms in total. The number of carbonyl (C=O) groups is 1. The van der Waals surface area contributed by atoms with E-state index in [2.05, 4.69) is 20.2 Å². The normalized spacial score (nSPS) is 12.2. The van der Waals surface area contributed by atoms with Gasteiger partial charge in [0.2, 0.25) is 5.82 Å². The summed E-state index contributed by atoms with van der Waals surface area (Å²) in [5, 5.41) is 17.3. The highest BCUT2D eigenvalue weighted by Crippen LogP contribution is 2.30. The average molecular weight is 482 g/mol. The number of nitrogens with zero attached hydrogens (tertiary/aromatic N) is 6. The Morgan fingerprint density at radius 1 is 1.17 bits per heavy atom. The molecule has 0 saturated heterocycles. The predicted octanol–water partition coefficient (Wildman–Crippen LogP) is 1.26. The minimum Gasteiger partial charge on any atom is -0.496 e. The topological polar surface area (TPSA) is 164 Å². The Morgan fingerprint density at radius 3 is 2.60 bits per heavy atom. The first kappa shape index (κ1) is 23.8. The number of benzene rings is 1. The van der Waals surface area contributed by atoms with Gasteiger partial charge in [0, 0.05) is 5.56 Å². The summed E-state index contributed by atoms with van der Waals surface area (Å²) >= 11 is 0. The number of rotatable bonds is 9. The van der Waals surface area contributed by atoms with Crippen LogP contribution in [0.3, 0.4) is 0 Å². The lowest BCUT2D eigenvalue weighted by atomic mass is 10.1. The third-order valence-electron chi connectivity index (χ3n) is 5.02. The summed E-state index contributed by atoms with van der Waals surface area (Å²) in [5.74, 6) is -0.919. The lowest BCUT2D eigenvalue weighted by molar-refractivity contribution is -0.137. The first-order valence-electron chi connectivity index (χ1n) is 10.6. The number of oxazole rings is 1. The number of hydrogen-bond acceptors (Lipinski definition) is 10. The molecular weight excluding hydrogens is 460 g/mol. The van der Waals surface area contributed by atoms with Crippen LogP contribution >= 0.6 is 0 Å². The van der Waals surface area contributed by atoms with Crippen molar-refractivity contribution < 1.29 is 23.8 Å². The molecule has 0 unspecified atom stereocenters. The van der Waals surface area contributed by atoms with Crippen LogP contribution in [-0.2, 0) is 22.6 Å². The van der Waals surface area contributed by atoms with Crippen molar-refractivity contribution in [3.05, 3.63) is 63.1 Å². The van der Waals surface area contributed by atoms with Gasteiger partial charge in [0.15, 0.2) is 11.2 Å². The van der Waals surface area contributed by atoms with Gasteiger partial charge >= 0.3 is 11.7 Å². The Labute approximate surface area is 197 Å². The van der Waals surface area contributed by atoms with Crippen molar-refractivity contribution in [2.45, 2.75) is 39.1 Å². The molecule has 0 radical (unpaired) electrons. The fraction of sp³-hybridized carbons (Fsp3) is 0.318. The highest BCUT2D eigenvalue weighted by atomic mass is 16.5. The molecule has 0 bridgehead atoms. The van der Waals surface area contributed by atoms with Crippen LogP contribution in [0.15, 0.2) is 50.7 Å². The lowest BCUT2D eigenvalue weighted by Gasteiger charge is -2.24. The Morgan fingerprint density at radius 2 is 1.94 bits per heavy atom. The summed E-state index contributed by atoms with van der Waals surface area (Å²) in [7, 11) is 1.51. The Bertz CT molecular complexity index is 1480. The summed E-state index contributed by atoms with van der Waals surface area (Å²) in [4.78, 5) is 45.9. The molecule has 0 amide bonds. The van der Waals surface area contributed by atoms with E-state index in [4.69, 9.17) is 13.9 Å². The molecule has 0 fully saturated rings. The van der Waals surface area contributed by atoms with Crippen LogP contribution in [0.4, 0.5) is 0 Å². The minimum atomic E-state index is -1.37. The Kier molecular flexibility index (Phi) is 6.68. The molecule has 1 atom stereocenters. The third kappa shape index (κ3) is 4.80. The molecule has 3 heterocycles. The second kappa shape index (κ2) is 9.85. The van der Waals surface area contributed by atoms with Gasteiger partial charge in [-0.25, -0.2) is 19.3 Å². The van der Waals surface area contributed by atoms with E-state index in [1.807, 2.05) is 13.8 Å². The SMILES string of the molecule is COc1ccccc1[C@H](Cn1c(=O)n(CC(=O)O)c(=O)c2nc(-c3ncco3)nnc21)OC(C)C. The highest BCUT2D eigenvalue weighted by Gasteiger charge is 2.25. The molecule has 4 aromatic rings. The molecular formula is C22H22N6O7. The van der Waals surface area contributed by atoms with E-state index < -0.39 is 29.9 Å². The summed E-state index contributed by atoms with van der Waals surface area (Å²) in [6.07, 6.45) is 1.72. The molecule has 182 valence electrons. The quantitative estimate of drug-likeness (QED) is 0.365. The molecule has 0 saturated carbocycles. The van der Waals surface area contributed by atoms with Gasteiger partial charge in [0.25, 0.3) is 11.4 Å². The smallest absolute Gasteiger partial charge is 0.333 e. The molecule has 13 heteroatoms. The zero-order valence-corrected chi connectivity index (χ0v) is 19.1. The predicted molar refractivity (Wildman–Crippen MR) is 121 cm³/mol. The van der Waals surface area contributed by atoms with E-state index in [1.54, 1.807) is 24.3 Å². The maximum atomic E-state index is 13.3. The standard InChI is InChI=1S/C22H22N6O7/c1-12(2)35-15(13-6-4-5-7-14(13)33-3)10-27-19-17(21(31)28(22(27)32)11-16(29)30)24-18(25-26-19)20-23-8-9-34-20/h4-9,12,15H,10-11H2,1-3H3,(H,29,30)/t15-/m0/s1. The third-order valence-corrected chi connectivity index (χ3v) is 5.02. The molecule has 3 aromatic heterocycles. The van der Waals surface area contributed by atoms with Crippen molar-refractivity contribution in [1.29, 1.82) is 0 Å². The summed E-state index contributed by atoms with van der Waals surface area (Å²) in [6, 6.07) is 7.13. The van der Waals surface area contributed by atoms with Gasteiger partial charge in [0.1, 0.15) is 24.7 Å². The molecule has 0 spiro atoms. The number of carboxylic acid groups (broad SMARTS) is 1. The summed E-state index contributed by atoms with van der Waals surface area (Å²) < 4.78 is 18.4. The van der Waals surface area contributed by atoms with Gasteiger partial charge in [-0.1, -0.05) is 18.2 Å². The van der Waals surface area contributed by atoms with Gasteiger partial charge in [-0.2, -0.15) is 0 Å². The van der Waals surface area contributed by atoms with E-state index in [9.17, 15) is 19.5 Å². The average Bonchev–Trinajstić information content (AvgIpc) is 3.38.